The van der Waals surface area contributed by atoms with Crippen LogP contribution >= 0.6 is 0 Å². The van der Waals surface area contributed by atoms with Crippen LogP contribution < -0.4 is 15.2 Å². The smallest absolute Gasteiger partial charge is 0.218 e. The Labute approximate surface area is 177 Å². The van der Waals surface area contributed by atoms with Crippen molar-refractivity contribution in [3.63, 3.8) is 0 Å². The molecule has 0 bridgehead atoms. The molecule has 0 aliphatic heterocycles. The maximum atomic E-state index is 11.5. The van der Waals surface area contributed by atoms with E-state index in [0.29, 0.717) is 18.1 Å². The van der Waals surface area contributed by atoms with Crippen LogP contribution in [0.4, 0.5) is 0 Å². The van der Waals surface area contributed by atoms with E-state index >= 15 is 0 Å². The fraction of sp³-hybridized carbons (Fsp3) is 0.280. The predicted molar refractivity (Wildman–Crippen MR) is 118 cm³/mol. The highest BCUT2D eigenvalue weighted by Gasteiger charge is 2.14. The van der Waals surface area contributed by atoms with Gasteiger partial charge < -0.3 is 15.2 Å². The Morgan fingerprint density at radius 2 is 1.67 bits per heavy atom. The van der Waals surface area contributed by atoms with Crippen molar-refractivity contribution in [1.29, 1.82) is 0 Å². The molecule has 2 aromatic carbocycles. The third-order valence-electron chi connectivity index (χ3n) is 4.72. The van der Waals surface area contributed by atoms with Gasteiger partial charge in [-0.2, -0.15) is 0 Å². The first kappa shape index (κ1) is 21.4. The van der Waals surface area contributed by atoms with Gasteiger partial charge >= 0.3 is 0 Å². The number of benzene rings is 2. The minimum Gasteiger partial charge on any atom is -0.475 e. The van der Waals surface area contributed by atoms with Gasteiger partial charge in [0.25, 0.3) is 0 Å². The van der Waals surface area contributed by atoms with Gasteiger partial charge in [0.2, 0.25) is 11.8 Å². The Balaban J connectivity index is 1.57. The third kappa shape index (κ3) is 6.62. The molecule has 0 saturated carbocycles. The van der Waals surface area contributed by atoms with Crippen LogP contribution in [0.2, 0.25) is 0 Å². The number of rotatable bonds is 10. The van der Waals surface area contributed by atoms with Crippen LogP contribution in [0.15, 0.2) is 72.9 Å². The Bertz CT molecular complexity index is 923. The van der Waals surface area contributed by atoms with Gasteiger partial charge in [-0.05, 0) is 61.9 Å². The number of hydrogen-bond acceptors (Lipinski definition) is 4. The van der Waals surface area contributed by atoms with Crippen molar-refractivity contribution in [2.24, 2.45) is 5.73 Å². The van der Waals surface area contributed by atoms with Gasteiger partial charge in [0.05, 0.1) is 12.3 Å². The Hall–Kier alpha value is -3.34. The molecular formula is C25H28N2O3. The molecule has 0 unspecified atom stereocenters. The monoisotopic (exact) mass is 404 g/mol. The van der Waals surface area contributed by atoms with Crippen LogP contribution in [0.3, 0.4) is 0 Å². The molecule has 0 aliphatic carbocycles. The summed E-state index contributed by atoms with van der Waals surface area (Å²) in [5.41, 5.74) is 7.79. The quantitative estimate of drug-likeness (QED) is 0.501. The van der Waals surface area contributed by atoms with Gasteiger partial charge in [-0.3, -0.25) is 4.79 Å². The van der Waals surface area contributed by atoms with Gasteiger partial charge in [0, 0.05) is 12.5 Å². The fourth-order valence-corrected chi connectivity index (χ4v) is 3.29. The van der Waals surface area contributed by atoms with E-state index in [9.17, 15) is 4.79 Å². The average molecular weight is 405 g/mol. The van der Waals surface area contributed by atoms with E-state index in [1.165, 1.54) is 5.56 Å². The summed E-state index contributed by atoms with van der Waals surface area (Å²) in [5.74, 6) is 1.83. The standard InChI is InChI=1S/C25H28N2O3/c1-18(2)29-25-15-14-23(17-27-25)30-22-12-9-19(10-13-22)8-11-21(16-24(26)28)20-6-4-3-5-7-20/h3-7,9-10,12-15,17-18,21H,8,11,16H2,1-2H3,(H2,26,28)/t21-/m1/s1. The maximum absolute atomic E-state index is 11.5. The third-order valence-corrected chi connectivity index (χ3v) is 4.72. The number of ether oxygens (including phenoxy) is 2. The van der Waals surface area contributed by atoms with Crippen LogP contribution in [-0.4, -0.2) is 17.0 Å². The van der Waals surface area contributed by atoms with Crippen molar-refractivity contribution in [3.8, 4) is 17.4 Å². The molecule has 1 atom stereocenters. The number of nitrogens with zero attached hydrogens (tertiary/aromatic N) is 1. The summed E-state index contributed by atoms with van der Waals surface area (Å²) >= 11 is 0. The van der Waals surface area contributed by atoms with Gasteiger partial charge in [0.1, 0.15) is 11.5 Å². The minimum atomic E-state index is -0.272. The first-order valence-electron chi connectivity index (χ1n) is 10.2. The predicted octanol–water partition coefficient (Wildman–Crippen LogP) is 5.25. The number of aromatic nitrogens is 1. The highest BCUT2D eigenvalue weighted by molar-refractivity contribution is 5.74. The highest BCUT2D eigenvalue weighted by atomic mass is 16.5. The average Bonchev–Trinajstić information content (AvgIpc) is 2.73. The van der Waals surface area contributed by atoms with Crippen molar-refractivity contribution in [1.82, 2.24) is 4.98 Å². The summed E-state index contributed by atoms with van der Waals surface area (Å²) in [6.07, 6.45) is 3.81. The van der Waals surface area contributed by atoms with Gasteiger partial charge in [-0.1, -0.05) is 42.5 Å². The lowest BCUT2D eigenvalue weighted by atomic mass is 9.89. The zero-order valence-corrected chi connectivity index (χ0v) is 17.5. The van der Waals surface area contributed by atoms with Gasteiger partial charge in [-0.15, -0.1) is 0 Å². The van der Waals surface area contributed by atoms with E-state index in [2.05, 4.69) is 17.1 Å². The number of aryl methyl sites for hydroxylation is 1. The van der Waals surface area contributed by atoms with Crippen LogP contribution in [0.5, 0.6) is 17.4 Å². The molecule has 0 saturated heterocycles. The summed E-state index contributed by atoms with van der Waals surface area (Å²) in [4.78, 5) is 15.7. The van der Waals surface area contributed by atoms with Crippen LogP contribution in [0, 0.1) is 0 Å². The van der Waals surface area contributed by atoms with E-state index in [-0.39, 0.29) is 17.9 Å². The summed E-state index contributed by atoms with van der Waals surface area (Å²) in [7, 11) is 0. The zero-order valence-electron chi connectivity index (χ0n) is 17.5. The number of primary amides is 1. The first-order valence-corrected chi connectivity index (χ1v) is 10.2. The lowest BCUT2D eigenvalue weighted by Crippen LogP contribution is -2.16. The second kappa shape index (κ2) is 10.4. The first-order chi connectivity index (χ1) is 14.5. The van der Waals surface area contributed by atoms with Crippen molar-refractivity contribution in [2.75, 3.05) is 0 Å². The Morgan fingerprint density at radius 3 is 2.27 bits per heavy atom. The lowest BCUT2D eigenvalue weighted by Gasteiger charge is -2.16. The van der Waals surface area contributed by atoms with Crippen molar-refractivity contribution in [3.05, 3.63) is 84.1 Å². The fourth-order valence-electron chi connectivity index (χ4n) is 3.29. The topological polar surface area (TPSA) is 74.4 Å². The second-order valence-electron chi connectivity index (χ2n) is 7.56. The van der Waals surface area contributed by atoms with E-state index in [4.69, 9.17) is 15.2 Å². The molecule has 3 rings (SSSR count). The number of amides is 1. The molecule has 2 N–H and O–H groups in total. The van der Waals surface area contributed by atoms with Crippen molar-refractivity contribution >= 4 is 5.91 Å². The summed E-state index contributed by atoms with van der Waals surface area (Å²) in [6, 6.07) is 21.7. The number of nitrogens with two attached hydrogens (primary N) is 1. The molecule has 0 fully saturated rings. The van der Waals surface area contributed by atoms with Crippen molar-refractivity contribution < 1.29 is 14.3 Å². The molecule has 1 amide bonds. The van der Waals surface area contributed by atoms with E-state index < -0.39 is 0 Å². The molecule has 0 aliphatic rings. The maximum Gasteiger partial charge on any atom is 0.218 e. The Morgan fingerprint density at radius 1 is 0.967 bits per heavy atom. The van der Waals surface area contributed by atoms with E-state index in [1.54, 1.807) is 12.3 Å². The summed E-state index contributed by atoms with van der Waals surface area (Å²) in [6.45, 7) is 3.92. The molecule has 3 aromatic rings. The molecule has 0 spiro atoms. The molecule has 156 valence electrons. The number of carbonyl (C=O) groups excluding carboxylic acids is 1. The lowest BCUT2D eigenvalue weighted by molar-refractivity contribution is -0.118. The van der Waals surface area contributed by atoms with E-state index in [0.717, 1.165) is 24.2 Å². The molecule has 0 radical (unpaired) electrons. The van der Waals surface area contributed by atoms with Crippen LogP contribution in [0.25, 0.3) is 0 Å². The zero-order chi connectivity index (χ0) is 21.3. The number of hydrogen-bond donors (Lipinski definition) is 1. The molecule has 1 aromatic heterocycles. The molecular weight excluding hydrogens is 376 g/mol. The largest absolute Gasteiger partial charge is 0.475 e. The number of pyridine rings is 1. The molecule has 5 nitrogen and oxygen atoms in total. The summed E-state index contributed by atoms with van der Waals surface area (Å²) < 4.78 is 11.4. The minimum absolute atomic E-state index is 0.0845. The van der Waals surface area contributed by atoms with Crippen LogP contribution in [0.1, 0.15) is 43.7 Å². The molecule has 5 heteroatoms. The highest BCUT2D eigenvalue weighted by Crippen LogP contribution is 2.27. The molecule has 30 heavy (non-hydrogen) atoms. The SMILES string of the molecule is CC(C)Oc1ccc(Oc2ccc(CC[C@H](CC(N)=O)c3ccccc3)cc2)cn1. The van der Waals surface area contributed by atoms with E-state index in [1.807, 2.05) is 62.4 Å². The summed E-state index contributed by atoms with van der Waals surface area (Å²) in [5, 5.41) is 0. The van der Waals surface area contributed by atoms with Gasteiger partial charge in [0.15, 0.2) is 0 Å². The molecule has 1 heterocycles. The van der Waals surface area contributed by atoms with Crippen molar-refractivity contribution in [2.45, 2.75) is 45.1 Å². The second-order valence-corrected chi connectivity index (χ2v) is 7.56. The Kier molecular flexibility index (Phi) is 7.44. The number of carbonyl (C=O) groups is 1. The van der Waals surface area contributed by atoms with Gasteiger partial charge in [-0.25, -0.2) is 4.98 Å². The normalized spacial score (nSPS) is 11.8. The van der Waals surface area contributed by atoms with Crippen LogP contribution in [-0.2, 0) is 11.2 Å².